The number of hydrogen-bond donors (Lipinski definition) is 0. The molecular formula is C24H39NO3. The lowest BCUT2D eigenvalue weighted by atomic mass is 9.73. The lowest BCUT2D eigenvalue weighted by Gasteiger charge is -2.54. The van der Waals surface area contributed by atoms with E-state index in [1.54, 1.807) is 0 Å². The van der Waals surface area contributed by atoms with Gasteiger partial charge in [-0.05, 0) is 71.1 Å². The molecule has 4 heteroatoms. The molecule has 2 saturated heterocycles. The lowest BCUT2D eigenvalue weighted by Crippen LogP contribution is -2.60. The standard InChI is InChI=1S/C24H39NO3/c1-7-8-9-19-14-23(3,4)25(24(5,6)15-19)28-18(2)20-10-12-21(13-11-20)26-16-22-17-27-22/h10-13,18-19,22H,7-9,14-17H2,1-6H3. The molecule has 0 radical (unpaired) electrons. The molecule has 2 aliphatic rings. The Labute approximate surface area is 171 Å². The SMILES string of the molecule is CCCCC1CC(C)(C)N(OC(C)c2ccc(OCC3CO3)cc2)C(C)(C)C1. The molecule has 0 aliphatic carbocycles. The second-order valence-corrected chi connectivity index (χ2v) is 9.92. The van der Waals surface area contributed by atoms with Crippen LogP contribution in [0.4, 0.5) is 0 Å². The number of epoxide rings is 1. The van der Waals surface area contributed by atoms with Crippen molar-refractivity contribution in [2.24, 2.45) is 5.92 Å². The van der Waals surface area contributed by atoms with Crippen molar-refractivity contribution in [1.29, 1.82) is 0 Å². The highest BCUT2D eigenvalue weighted by Crippen LogP contribution is 2.44. The number of benzene rings is 1. The first-order valence-electron chi connectivity index (χ1n) is 11.0. The largest absolute Gasteiger partial charge is 0.491 e. The fourth-order valence-electron chi connectivity index (χ4n) is 4.86. The number of hydroxylamine groups is 2. The minimum absolute atomic E-state index is 0.00607. The van der Waals surface area contributed by atoms with Crippen molar-refractivity contribution >= 4 is 0 Å². The maximum absolute atomic E-state index is 6.58. The molecule has 2 aliphatic heterocycles. The van der Waals surface area contributed by atoms with E-state index in [4.69, 9.17) is 14.3 Å². The summed E-state index contributed by atoms with van der Waals surface area (Å²) in [5, 5.41) is 2.28. The van der Waals surface area contributed by atoms with E-state index < -0.39 is 0 Å². The maximum atomic E-state index is 6.58. The summed E-state index contributed by atoms with van der Waals surface area (Å²) in [5.41, 5.74) is 1.23. The first-order chi connectivity index (χ1) is 13.2. The van der Waals surface area contributed by atoms with Crippen LogP contribution in [0.15, 0.2) is 24.3 Å². The minimum atomic E-state index is 0.00607. The predicted molar refractivity (Wildman–Crippen MR) is 113 cm³/mol. The molecule has 28 heavy (non-hydrogen) atoms. The Morgan fingerprint density at radius 1 is 1.11 bits per heavy atom. The van der Waals surface area contributed by atoms with Crippen molar-refractivity contribution in [3.8, 4) is 5.75 Å². The van der Waals surface area contributed by atoms with E-state index in [2.05, 4.69) is 58.7 Å². The van der Waals surface area contributed by atoms with Crippen LogP contribution in [-0.4, -0.2) is 35.5 Å². The summed E-state index contributed by atoms with van der Waals surface area (Å²) in [7, 11) is 0. The zero-order valence-corrected chi connectivity index (χ0v) is 18.7. The Morgan fingerprint density at radius 3 is 2.25 bits per heavy atom. The van der Waals surface area contributed by atoms with Gasteiger partial charge in [-0.25, -0.2) is 0 Å². The number of nitrogens with zero attached hydrogens (tertiary/aromatic N) is 1. The Kier molecular flexibility index (Phi) is 6.73. The van der Waals surface area contributed by atoms with Gasteiger partial charge in [0.05, 0.1) is 6.61 Å². The summed E-state index contributed by atoms with van der Waals surface area (Å²) < 4.78 is 10.9. The molecule has 2 atom stereocenters. The molecule has 0 spiro atoms. The third-order valence-corrected chi connectivity index (χ3v) is 6.09. The van der Waals surface area contributed by atoms with E-state index in [1.807, 2.05) is 12.1 Å². The molecule has 2 fully saturated rings. The molecule has 0 saturated carbocycles. The molecule has 4 nitrogen and oxygen atoms in total. The number of ether oxygens (including phenoxy) is 2. The second kappa shape index (κ2) is 8.73. The van der Waals surface area contributed by atoms with Crippen LogP contribution < -0.4 is 4.74 Å². The van der Waals surface area contributed by atoms with Crippen LogP contribution >= 0.6 is 0 Å². The molecule has 1 aromatic carbocycles. The van der Waals surface area contributed by atoms with Gasteiger partial charge in [0.1, 0.15) is 24.6 Å². The highest BCUT2D eigenvalue weighted by molar-refractivity contribution is 5.28. The highest BCUT2D eigenvalue weighted by atomic mass is 16.7. The van der Waals surface area contributed by atoms with Crippen LogP contribution in [0.25, 0.3) is 0 Å². The van der Waals surface area contributed by atoms with E-state index in [1.165, 1.54) is 37.7 Å². The van der Waals surface area contributed by atoms with Gasteiger partial charge in [-0.2, -0.15) is 5.06 Å². The number of hydrogen-bond acceptors (Lipinski definition) is 4. The quantitative estimate of drug-likeness (QED) is 0.491. The molecule has 0 bridgehead atoms. The molecule has 0 N–H and O–H groups in total. The van der Waals surface area contributed by atoms with Crippen LogP contribution in [0.3, 0.4) is 0 Å². The van der Waals surface area contributed by atoms with Gasteiger partial charge in [0.25, 0.3) is 0 Å². The second-order valence-electron chi connectivity index (χ2n) is 9.92. The van der Waals surface area contributed by atoms with Crippen LogP contribution in [-0.2, 0) is 9.57 Å². The predicted octanol–water partition coefficient (Wildman–Crippen LogP) is 5.92. The van der Waals surface area contributed by atoms with Crippen molar-refractivity contribution in [2.45, 2.75) is 96.9 Å². The van der Waals surface area contributed by atoms with Gasteiger partial charge in [0.2, 0.25) is 0 Å². The van der Waals surface area contributed by atoms with E-state index in [-0.39, 0.29) is 23.3 Å². The zero-order chi connectivity index (χ0) is 20.4. The molecular weight excluding hydrogens is 350 g/mol. The van der Waals surface area contributed by atoms with Crippen molar-refractivity contribution in [3.05, 3.63) is 29.8 Å². The molecule has 3 rings (SSSR count). The Hall–Kier alpha value is -1.10. The summed E-state index contributed by atoms with van der Waals surface area (Å²) in [5.74, 6) is 1.68. The van der Waals surface area contributed by atoms with Gasteiger partial charge in [0.15, 0.2) is 0 Å². The van der Waals surface area contributed by atoms with Crippen molar-refractivity contribution < 1.29 is 14.3 Å². The average Bonchev–Trinajstić information content (AvgIpc) is 3.45. The molecule has 0 amide bonds. The Balaban J connectivity index is 1.62. The van der Waals surface area contributed by atoms with Crippen LogP contribution in [0, 0.1) is 5.92 Å². The average molecular weight is 390 g/mol. The topological polar surface area (TPSA) is 34.2 Å². The van der Waals surface area contributed by atoms with Crippen molar-refractivity contribution in [1.82, 2.24) is 5.06 Å². The first-order valence-corrected chi connectivity index (χ1v) is 11.0. The molecule has 0 aromatic heterocycles. The van der Waals surface area contributed by atoms with E-state index in [0.29, 0.717) is 6.61 Å². The molecule has 1 aromatic rings. The van der Waals surface area contributed by atoms with E-state index >= 15 is 0 Å². The normalized spacial score (nSPS) is 25.4. The molecule has 2 unspecified atom stereocenters. The zero-order valence-electron chi connectivity index (χ0n) is 18.7. The summed E-state index contributed by atoms with van der Waals surface area (Å²) in [6, 6.07) is 8.29. The van der Waals surface area contributed by atoms with Crippen molar-refractivity contribution in [2.75, 3.05) is 13.2 Å². The smallest absolute Gasteiger partial charge is 0.119 e. The van der Waals surface area contributed by atoms with Crippen LogP contribution in [0.5, 0.6) is 5.75 Å². The van der Waals surface area contributed by atoms with Crippen LogP contribution in [0.2, 0.25) is 0 Å². The Bertz CT molecular complexity index is 603. The van der Waals surface area contributed by atoms with Gasteiger partial charge in [-0.3, -0.25) is 4.84 Å². The summed E-state index contributed by atoms with van der Waals surface area (Å²) >= 11 is 0. The number of rotatable bonds is 9. The monoisotopic (exact) mass is 389 g/mol. The maximum Gasteiger partial charge on any atom is 0.119 e. The fourth-order valence-corrected chi connectivity index (χ4v) is 4.86. The molecule has 158 valence electrons. The Morgan fingerprint density at radius 2 is 1.71 bits per heavy atom. The minimum Gasteiger partial charge on any atom is -0.491 e. The van der Waals surface area contributed by atoms with Gasteiger partial charge in [-0.1, -0.05) is 38.3 Å². The fraction of sp³-hybridized carbons (Fsp3) is 0.750. The van der Waals surface area contributed by atoms with Gasteiger partial charge in [0, 0.05) is 11.1 Å². The van der Waals surface area contributed by atoms with Crippen molar-refractivity contribution in [3.63, 3.8) is 0 Å². The van der Waals surface area contributed by atoms with Gasteiger partial charge in [-0.15, -0.1) is 0 Å². The lowest BCUT2D eigenvalue weighted by molar-refractivity contribution is -0.310. The van der Waals surface area contributed by atoms with Crippen LogP contribution in [0.1, 0.15) is 85.3 Å². The summed E-state index contributed by atoms with van der Waals surface area (Å²) in [6.45, 7) is 15.2. The summed E-state index contributed by atoms with van der Waals surface area (Å²) in [4.78, 5) is 6.58. The summed E-state index contributed by atoms with van der Waals surface area (Å²) in [6.07, 6.45) is 6.62. The third-order valence-electron chi connectivity index (χ3n) is 6.09. The van der Waals surface area contributed by atoms with E-state index in [9.17, 15) is 0 Å². The number of piperidine rings is 1. The first kappa shape index (κ1) is 21.6. The van der Waals surface area contributed by atoms with Gasteiger partial charge >= 0.3 is 0 Å². The number of unbranched alkanes of at least 4 members (excludes halogenated alkanes) is 1. The highest BCUT2D eigenvalue weighted by Gasteiger charge is 2.46. The van der Waals surface area contributed by atoms with E-state index in [0.717, 1.165) is 18.3 Å². The molecule has 2 heterocycles. The van der Waals surface area contributed by atoms with Gasteiger partial charge < -0.3 is 9.47 Å². The third kappa shape index (κ3) is 5.49.